The molecule has 10 aromatic rings. The maximum Gasteiger partial charge on any atom is 0.135 e. The summed E-state index contributed by atoms with van der Waals surface area (Å²) < 4.78 is 9.33. The largest absolute Gasteiger partial charge is 0.509 e. The zero-order valence-corrected chi connectivity index (χ0v) is 46.3. The molecule has 0 fully saturated rings. The van der Waals surface area contributed by atoms with Gasteiger partial charge in [0, 0.05) is 66.8 Å². The average molecular weight is 1150 g/mol. The molecule has 2 aromatic heterocycles. The molecule has 0 spiro atoms. The molecule has 0 radical (unpaired) electrons. The van der Waals surface area contributed by atoms with Crippen LogP contribution in [0.25, 0.3) is 38.8 Å². The van der Waals surface area contributed by atoms with Crippen LogP contribution in [0.5, 0.6) is 11.5 Å². The van der Waals surface area contributed by atoms with E-state index in [4.69, 9.17) is 9.72 Å². The quantitative estimate of drug-likeness (QED) is 0.128. The first-order valence-electron chi connectivity index (χ1n) is 25.5. The molecule has 8 aromatic carbocycles. The number of fused-ring (bicyclic) bond motifs is 4. The van der Waals surface area contributed by atoms with Crippen LogP contribution in [-0.2, 0) is 42.7 Å². The molecular weight excluding hydrogens is 1080 g/mol. The molecule has 0 bridgehead atoms. The fourth-order valence-electron chi connectivity index (χ4n) is 10.3. The Morgan fingerprint density at radius 3 is 1.70 bits per heavy atom. The average Bonchev–Trinajstić information content (AvgIpc) is 3.95. The van der Waals surface area contributed by atoms with Gasteiger partial charge in [0.05, 0.1) is 0 Å². The fourth-order valence-corrected chi connectivity index (χ4v) is 10.3. The molecule has 3 heterocycles. The number of pyridine rings is 1. The molecule has 74 heavy (non-hydrogen) atoms. The Balaban J connectivity index is 0.00000626. The van der Waals surface area contributed by atoms with Gasteiger partial charge in [0.1, 0.15) is 5.82 Å². The predicted molar refractivity (Wildman–Crippen MR) is 304 cm³/mol. The summed E-state index contributed by atoms with van der Waals surface area (Å²) in [5, 5.41) is 2.23. The molecule has 6 heteroatoms. The molecule has 0 aliphatic carbocycles. The van der Waals surface area contributed by atoms with E-state index in [-0.39, 0.29) is 42.7 Å². The fraction of sp³-hybridized carbons (Fsp3) is 0.206. The van der Waals surface area contributed by atoms with Crippen molar-refractivity contribution in [2.24, 2.45) is 0 Å². The maximum absolute atomic E-state index is 7.08. The third kappa shape index (κ3) is 9.37. The van der Waals surface area contributed by atoms with E-state index in [9.17, 15) is 0 Å². The zero-order valence-electron chi connectivity index (χ0n) is 44.1. The number of anilines is 4. The second-order valence-electron chi connectivity index (χ2n) is 22.7. The first-order valence-corrected chi connectivity index (χ1v) is 25.5. The van der Waals surface area contributed by atoms with Gasteiger partial charge in [-0.3, -0.25) is 0 Å². The maximum atomic E-state index is 7.08. The van der Waals surface area contributed by atoms with E-state index in [2.05, 4.69) is 284 Å². The Bertz CT molecular complexity index is 3660. The number of rotatable bonds is 10. The van der Waals surface area contributed by atoms with Crippen molar-refractivity contribution in [3.63, 3.8) is 0 Å². The molecule has 11 rings (SSSR count). The van der Waals surface area contributed by atoms with Gasteiger partial charge in [0.15, 0.2) is 0 Å². The number of ether oxygens (including phenoxy) is 1. The van der Waals surface area contributed by atoms with Crippen LogP contribution in [0.2, 0.25) is 0 Å². The third-order valence-electron chi connectivity index (χ3n) is 15.0. The van der Waals surface area contributed by atoms with Gasteiger partial charge in [-0.25, -0.2) is 4.98 Å². The Morgan fingerprint density at radius 2 is 1.05 bits per heavy atom. The molecule has 0 amide bonds. The molecule has 0 unspecified atom stereocenters. The minimum atomic E-state index is -0.386. The Labute approximate surface area is 452 Å². The van der Waals surface area contributed by atoms with Gasteiger partial charge in [-0.1, -0.05) is 196 Å². The Kier molecular flexibility index (Phi) is 13.1. The predicted octanol–water partition coefficient (Wildman–Crippen LogP) is 17.9. The van der Waals surface area contributed by atoms with Gasteiger partial charge < -0.3 is 19.1 Å². The van der Waals surface area contributed by atoms with Gasteiger partial charge in [-0.2, -0.15) is 6.07 Å². The van der Waals surface area contributed by atoms with Crippen LogP contribution in [-0.4, -0.2) is 9.55 Å². The van der Waals surface area contributed by atoms with Gasteiger partial charge in [0.2, 0.25) is 0 Å². The van der Waals surface area contributed by atoms with Crippen molar-refractivity contribution >= 4 is 44.6 Å². The van der Waals surface area contributed by atoms with E-state index in [1.165, 1.54) is 38.9 Å². The Morgan fingerprint density at radius 1 is 0.446 bits per heavy atom. The number of para-hydroxylation sites is 2. The van der Waals surface area contributed by atoms with Crippen LogP contribution in [0.4, 0.5) is 22.7 Å². The number of benzene rings is 8. The summed E-state index contributed by atoms with van der Waals surface area (Å²) in [5.41, 5.74) is 14.9. The van der Waals surface area contributed by atoms with Gasteiger partial charge in [-0.05, 0) is 103 Å². The van der Waals surface area contributed by atoms with Crippen molar-refractivity contribution in [2.45, 2.75) is 90.9 Å². The summed E-state index contributed by atoms with van der Waals surface area (Å²) in [7, 11) is 0. The minimum Gasteiger partial charge on any atom is -0.509 e. The molecule has 0 N–H and O–H groups in total. The normalized spacial score (nSPS) is 13.1. The summed E-state index contributed by atoms with van der Waals surface area (Å²) in [6.45, 7) is 25.0. The summed E-state index contributed by atoms with van der Waals surface area (Å²) >= 11 is 0. The molecule has 1 aliphatic rings. The number of nitrogens with zero attached hydrogens (tertiary/aromatic N) is 4. The molecular formula is C68H63N4OPt-3. The van der Waals surface area contributed by atoms with Gasteiger partial charge in [-0.15, -0.1) is 53.6 Å². The Hall–Kier alpha value is -7.20. The summed E-state index contributed by atoms with van der Waals surface area (Å²) in [5.74, 6) is 2.01. The smallest absolute Gasteiger partial charge is 0.135 e. The molecule has 0 atom stereocenters. The summed E-state index contributed by atoms with van der Waals surface area (Å²) in [6.07, 6.45) is 1.94. The second kappa shape index (κ2) is 19.3. The zero-order chi connectivity index (χ0) is 50.9. The summed E-state index contributed by atoms with van der Waals surface area (Å²) in [6, 6.07) is 75.1. The minimum absolute atomic E-state index is 0. The molecule has 374 valence electrons. The van der Waals surface area contributed by atoms with Crippen molar-refractivity contribution < 1.29 is 25.8 Å². The topological polar surface area (TPSA) is 33.5 Å². The number of hydrogen-bond donors (Lipinski definition) is 0. The summed E-state index contributed by atoms with van der Waals surface area (Å²) in [4.78, 5) is 9.63. The molecule has 1 aliphatic heterocycles. The van der Waals surface area contributed by atoms with Crippen molar-refractivity contribution in [3.8, 4) is 28.4 Å². The van der Waals surface area contributed by atoms with Gasteiger partial charge >= 0.3 is 0 Å². The van der Waals surface area contributed by atoms with E-state index in [0.717, 1.165) is 55.9 Å². The van der Waals surface area contributed by atoms with Crippen molar-refractivity contribution in [3.05, 3.63) is 246 Å². The third-order valence-corrected chi connectivity index (χ3v) is 15.0. The first kappa shape index (κ1) is 50.3. The van der Waals surface area contributed by atoms with Crippen LogP contribution >= 0.6 is 0 Å². The standard InChI is InChI=1S/C68H63N4O.Pt/c1-65(2,3)50-30-33-60-59(41-50)58-32-31-56(44-63(58)72(60)64-42-51(34-35-69-64)67(7,8)48-24-16-12-17-25-48)73-57-40-53(68(9,10)49-26-18-13-19-27-49)39-55(43-57)71-45-70(61-28-20-21-29-62(61)71)54-37-47(46-22-14-11-15-23-46)36-52(38-54)66(4,5)6;/h11-42,45H,1-10H3;/q-3;. The van der Waals surface area contributed by atoms with E-state index >= 15 is 0 Å². The molecule has 5 nitrogen and oxygen atoms in total. The van der Waals surface area contributed by atoms with E-state index < -0.39 is 0 Å². The second-order valence-corrected chi connectivity index (χ2v) is 22.7. The first-order chi connectivity index (χ1) is 34.9. The van der Waals surface area contributed by atoms with E-state index in [1.54, 1.807) is 0 Å². The van der Waals surface area contributed by atoms with E-state index in [0.29, 0.717) is 11.5 Å². The molecule has 0 saturated heterocycles. The van der Waals surface area contributed by atoms with Crippen molar-refractivity contribution in [2.75, 3.05) is 9.80 Å². The van der Waals surface area contributed by atoms with E-state index in [1.807, 2.05) is 12.3 Å². The van der Waals surface area contributed by atoms with Crippen LogP contribution in [0.3, 0.4) is 0 Å². The van der Waals surface area contributed by atoms with Crippen LogP contribution in [0.15, 0.2) is 194 Å². The van der Waals surface area contributed by atoms with Crippen molar-refractivity contribution in [1.29, 1.82) is 0 Å². The van der Waals surface area contributed by atoms with Crippen LogP contribution in [0, 0.1) is 18.8 Å². The number of aromatic nitrogens is 2. The van der Waals surface area contributed by atoms with Gasteiger partial charge in [0.25, 0.3) is 0 Å². The van der Waals surface area contributed by atoms with Crippen LogP contribution < -0.4 is 14.5 Å². The SMILES string of the molecule is CC(C)(C)c1cc(-c2ccccc2)cc(N2[CH-]N(c3[c-]c(Oc4[c-]c5c(cc4)c4cc(C(C)(C)C)ccc4n5-c4cc(C(C)(C)c5ccccc5)ccn4)cc(C(C)(C)c4ccccc4)c3)c3ccccc32)c1.[Pt]. The van der Waals surface area contributed by atoms with Crippen molar-refractivity contribution in [1.82, 2.24) is 9.55 Å². The number of hydrogen-bond acceptors (Lipinski definition) is 4. The monoisotopic (exact) mass is 1150 g/mol. The molecule has 0 saturated carbocycles. The van der Waals surface area contributed by atoms with Crippen LogP contribution in [0.1, 0.15) is 103 Å².